The standard InChI is InChI=1S/C16H20FN3O/c1-16(2,3)14(10-20-9-8-18-11-20)19-15(21)12-4-6-13(17)7-5-12/h4-9,11,14H,10H2,1-3H3,(H,19,21). The van der Waals surface area contributed by atoms with E-state index in [4.69, 9.17) is 0 Å². The van der Waals surface area contributed by atoms with Gasteiger partial charge in [0, 0.05) is 24.5 Å². The van der Waals surface area contributed by atoms with E-state index in [-0.39, 0.29) is 23.2 Å². The zero-order valence-corrected chi connectivity index (χ0v) is 12.5. The number of halogens is 1. The van der Waals surface area contributed by atoms with Crippen molar-refractivity contribution in [3.8, 4) is 0 Å². The van der Waals surface area contributed by atoms with Crippen molar-refractivity contribution in [2.75, 3.05) is 0 Å². The minimum atomic E-state index is -0.350. The monoisotopic (exact) mass is 289 g/mol. The van der Waals surface area contributed by atoms with Crippen molar-refractivity contribution in [2.24, 2.45) is 5.41 Å². The molecule has 1 N–H and O–H groups in total. The molecule has 0 aliphatic rings. The SMILES string of the molecule is CC(C)(C)C(Cn1ccnc1)NC(=O)c1ccc(F)cc1. The summed E-state index contributed by atoms with van der Waals surface area (Å²) in [6.45, 7) is 6.84. The molecule has 1 aromatic carbocycles. The number of nitrogens with one attached hydrogen (secondary N) is 1. The maximum absolute atomic E-state index is 12.9. The van der Waals surface area contributed by atoms with Gasteiger partial charge >= 0.3 is 0 Å². The highest BCUT2D eigenvalue weighted by molar-refractivity contribution is 5.94. The van der Waals surface area contributed by atoms with Crippen molar-refractivity contribution in [3.63, 3.8) is 0 Å². The van der Waals surface area contributed by atoms with Crippen LogP contribution in [0.3, 0.4) is 0 Å². The topological polar surface area (TPSA) is 46.9 Å². The fourth-order valence-corrected chi connectivity index (χ4v) is 1.98. The summed E-state index contributed by atoms with van der Waals surface area (Å²) in [4.78, 5) is 16.3. The van der Waals surface area contributed by atoms with E-state index in [9.17, 15) is 9.18 Å². The van der Waals surface area contributed by atoms with Gasteiger partial charge in [-0.05, 0) is 29.7 Å². The van der Waals surface area contributed by atoms with Gasteiger partial charge in [0.2, 0.25) is 0 Å². The molecule has 1 heterocycles. The van der Waals surface area contributed by atoms with Crippen molar-refractivity contribution in [3.05, 3.63) is 54.4 Å². The summed E-state index contributed by atoms with van der Waals surface area (Å²) in [6, 6.07) is 5.49. The molecule has 0 aliphatic carbocycles. The van der Waals surface area contributed by atoms with Gasteiger partial charge in [-0.2, -0.15) is 0 Å². The molecule has 0 spiro atoms. The number of aromatic nitrogens is 2. The molecule has 21 heavy (non-hydrogen) atoms. The number of carbonyl (C=O) groups is 1. The fourth-order valence-electron chi connectivity index (χ4n) is 1.98. The molecule has 1 atom stereocenters. The molecule has 0 fully saturated rings. The van der Waals surface area contributed by atoms with E-state index in [0.29, 0.717) is 12.1 Å². The Balaban J connectivity index is 2.11. The van der Waals surface area contributed by atoms with E-state index in [0.717, 1.165) is 0 Å². The van der Waals surface area contributed by atoms with Crippen LogP contribution in [0.1, 0.15) is 31.1 Å². The van der Waals surface area contributed by atoms with E-state index in [2.05, 4.69) is 31.1 Å². The normalized spacial score (nSPS) is 13.0. The second-order valence-corrected chi connectivity index (χ2v) is 6.16. The third-order valence-electron chi connectivity index (χ3n) is 3.41. The average molecular weight is 289 g/mol. The van der Waals surface area contributed by atoms with Crippen LogP contribution in [0.2, 0.25) is 0 Å². The second kappa shape index (κ2) is 6.08. The highest BCUT2D eigenvalue weighted by Gasteiger charge is 2.26. The van der Waals surface area contributed by atoms with Crippen LogP contribution >= 0.6 is 0 Å². The molecule has 0 radical (unpaired) electrons. The zero-order chi connectivity index (χ0) is 15.5. The van der Waals surface area contributed by atoms with Crippen LogP contribution in [0, 0.1) is 11.2 Å². The van der Waals surface area contributed by atoms with E-state index < -0.39 is 0 Å². The number of hydrogen-bond donors (Lipinski definition) is 1. The quantitative estimate of drug-likeness (QED) is 0.940. The molecule has 0 saturated heterocycles. The zero-order valence-electron chi connectivity index (χ0n) is 12.5. The van der Waals surface area contributed by atoms with Crippen molar-refractivity contribution >= 4 is 5.91 Å². The number of nitrogens with zero attached hydrogens (tertiary/aromatic N) is 2. The predicted molar refractivity (Wildman–Crippen MR) is 79.3 cm³/mol. The largest absolute Gasteiger partial charge is 0.347 e. The first-order valence-electron chi connectivity index (χ1n) is 6.88. The number of benzene rings is 1. The maximum atomic E-state index is 12.9. The third-order valence-corrected chi connectivity index (χ3v) is 3.41. The molecule has 0 aliphatic heterocycles. The van der Waals surface area contributed by atoms with Gasteiger partial charge in [-0.15, -0.1) is 0 Å². The number of imidazole rings is 1. The lowest BCUT2D eigenvalue weighted by molar-refractivity contribution is 0.0892. The maximum Gasteiger partial charge on any atom is 0.251 e. The lowest BCUT2D eigenvalue weighted by Gasteiger charge is -2.31. The third kappa shape index (κ3) is 4.15. The van der Waals surface area contributed by atoms with E-state index in [1.54, 1.807) is 12.5 Å². The predicted octanol–water partition coefficient (Wildman–Crippen LogP) is 2.87. The Bertz CT molecular complexity index is 585. The van der Waals surface area contributed by atoms with E-state index >= 15 is 0 Å². The average Bonchev–Trinajstić information content (AvgIpc) is 2.90. The Morgan fingerprint density at radius 1 is 1.33 bits per heavy atom. The molecular formula is C16H20FN3O. The summed E-state index contributed by atoms with van der Waals surface area (Å²) in [5.41, 5.74) is 0.344. The minimum absolute atomic E-state index is 0.0655. The van der Waals surface area contributed by atoms with Crippen LogP contribution in [0.15, 0.2) is 43.0 Å². The van der Waals surface area contributed by atoms with Crippen LogP contribution in [0.5, 0.6) is 0 Å². The van der Waals surface area contributed by atoms with Crippen molar-refractivity contribution in [1.29, 1.82) is 0 Å². The summed E-state index contributed by atoms with van der Waals surface area (Å²) >= 11 is 0. The van der Waals surface area contributed by atoms with Gasteiger partial charge in [0.15, 0.2) is 0 Å². The summed E-state index contributed by atoms with van der Waals surface area (Å²) in [7, 11) is 0. The number of hydrogen-bond acceptors (Lipinski definition) is 2. The summed E-state index contributed by atoms with van der Waals surface area (Å²) in [6.07, 6.45) is 5.30. The summed E-state index contributed by atoms with van der Waals surface area (Å²) in [5, 5.41) is 3.02. The van der Waals surface area contributed by atoms with Gasteiger partial charge in [-0.1, -0.05) is 20.8 Å². The van der Waals surface area contributed by atoms with Crippen molar-refractivity contribution in [2.45, 2.75) is 33.4 Å². The highest BCUT2D eigenvalue weighted by Crippen LogP contribution is 2.21. The van der Waals surface area contributed by atoms with Crippen LogP contribution < -0.4 is 5.32 Å². The number of rotatable bonds is 4. The summed E-state index contributed by atoms with van der Waals surface area (Å²) < 4.78 is 14.8. The molecule has 1 amide bonds. The lowest BCUT2D eigenvalue weighted by atomic mass is 9.86. The van der Waals surface area contributed by atoms with Gasteiger partial charge in [0.05, 0.1) is 12.4 Å². The molecule has 2 rings (SSSR count). The Morgan fingerprint density at radius 2 is 2.00 bits per heavy atom. The van der Waals surface area contributed by atoms with E-state index in [1.165, 1.54) is 24.3 Å². The van der Waals surface area contributed by atoms with Gasteiger partial charge in [0.25, 0.3) is 5.91 Å². The van der Waals surface area contributed by atoms with Gasteiger partial charge < -0.3 is 9.88 Å². The first-order valence-corrected chi connectivity index (χ1v) is 6.88. The Labute approximate surface area is 124 Å². The molecule has 4 nitrogen and oxygen atoms in total. The molecule has 1 aromatic heterocycles. The molecular weight excluding hydrogens is 269 g/mol. The Morgan fingerprint density at radius 3 is 2.52 bits per heavy atom. The minimum Gasteiger partial charge on any atom is -0.347 e. The number of carbonyl (C=O) groups excluding carboxylic acids is 1. The smallest absolute Gasteiger partial charge is 0.251 e. The Kier molecular flexibility index (Phi) is 4.40. The van der Waals surface area contributed by atoms with Gasteiger partial charge in [0.1, 0.15) is 5.82 Å². The molecule has 1 unspecified atom stereocenters. The molecule has 0 saturated carbocycles. The van der Waals surface area contributed by atoms with Crippen LogP contribution in [0.25, 0.3) is 0 Å². The van der Waals surface area contributed by atoms with Crippen molar-refractivity contribution in [1.82, 2.24) is 14.9 Å². The lowest BCUT2D eigenvalue weighted by Crippen LogP contribution is -2.46. The first-order chi connectivity index (χ1) is 9.86. The number of amides is 1. The molecule has 2 aromatic rings. The van der Waals surface area contributed by atoms with Crippen LogP contribution in [-0.2, 0) is 6.54 Å². The van der Waals surface area contributed by atoms with E-state index in [1.807, 2.05) is 10.8 Å². The second-order valence-electron chi connectivity index (χ2n) is 6.16. The van der Waals surface area contributed by atoms with Crippen LogP contribution in [-0.4, -0.2) is 21.5 Å². The van der Waals surface area contributed by atoms with Gasteiger partial charge in [-0.3, -0.25) is 4.79 Å². The molecule has 112 valence electrons. The van der Waals surface area contributed by atoms with Gasteiger partial charge in [-0.25, -0.2) is 9.37 Å². The molecule has 5 heteroatoms. The fraction of sp³-hybridized carbons (Fsp3) is 0.375. The van der Waals surface area contributed by atoms with Crippen molar-refractivity contribution < 1.29 is 9.18 Å². The van der Waals surface area contributed by atoms with Crippen LogP contribution in [0.4, 0.5) is 4.39 Å². The first kappa shape index (κ1) is 15.2. The Hall–Kier alpha value is -2.17. The highest BCUT2D eigenvalue weighted by atomic mass is 19.1. The molecule has 0 bridgehead atoms. The summed E-state index contributed by atoms with van der Waals surface area (Å²) in [5.74, 6) is -0.549.